The molecule has 35 heavy (non-hydrogen) atoms. The lowest BCUT2D eigenvalue weighted by Gasteiger charge is -2.27. The lowest BCUT2D eigenvalue weighted by molar-refractivity contribution is -0.384. The molecule has 2 aromatic rings. The van der Waals surface area contributed by atoms with Crippen LogP contribution in [-0.2, 0) is 4.74 Å². The van der Waals surface area contributed by atoms with Crippen LogP contribution in [-0.4, -0.2) is 50.3 Å². The number of methoxy groups -OCH3 is 1. The number of hydrogen-bond acceptors (Lipinski definition) is 10. The minimum atomic E-state index is -0.607. The number of nitrogen functional groups attached to an aromatic ring is 1. The third kappa shape index (κ3) is 6.42. The van der Waals surface area contributed by atoms with E-state index in [2.05, 4.69) is 10.6 Å². The molecule has 12 nitrogen and oxygen atoms in total. The van der Waals surface area contributed by atoms with Crippen molar-refractivity contribution in [3.63, 3.8) is 0 Å². The Morgan fingerprint density at radius 1 is 1.34 bits per heavy atom. The zero-order valence-corrected chi connectivity index (χ0v) is 19.3. The van der Waals surface area contributed by atoms with Gasteiger partial charge in [-0.05, 0) is 25.0 Å². The van der Waals surface area contributed by atoms with Crippen LogP contribution in [0.15, 0.2) is 24.3 Å². The molecule has 1 aliphatic rings. The molecular formula is C23H28N6O6. The van der Waals surface area contributed by atoms with Gasteiger partial charge in [0.1, 0.15) is 18.0 Å². The van der Waals surface area contributed by atoms with Gasteiger partial charge in [0.25, 0.3) is 5.69 Å². The topological polar surface area (TPSA) is 188 Å². The van der Waals surface area contributed by atoms with Crippen LogP contribution in [0, 0.1) is 21.4 Å². The van der Waals surface area contributed by atoms with Gasteiger partial charge in [-0.25, -0.2) is 0 Å². The zero-order chi connectivity index (χ0) is 25.4. The fraction of sp³-hybridized carbons (Fsp3) is 0.391. The molecule has 1 amide bonds. The summed E-state index contributed by atoms with van der Waals surface area (Å²) in [4.78, 5) is 22.5. The molecule has 12 heteroatoms. The molecule has 0 saturated carbocycles. The first kappa shape index (κ1) is 25.4. The number of rotatable bonds is 12. The van der Waals surface area contributed by atoms with E-state index in [9.17, 15) is 14.9 Å². The average Bonchev–Trinajstić information content (AvgIpc) is 2.84. The molecule has 1 aliphatic heterocycles. The Hall–Kier alpha value is -4.24. The zero-order valence-electron chi connectivity index (χ0n) is 19.3. The van der Waals surface area contributed by atoms with Crippen LogP contribution in [0.25, 0.3) is 0 Å². The summed E-state index contributed by atoms with van der Waals surface area (Å²) >= 11 is 0. The Balaban J connectivity index is 1.62. The maximum Gasteiger partial charge on any atom is 0.297 e. The van der Waals surface area contributed by atoms with Gasteiger partial charge in [-0.3, -0.25) is 14.9 Å². The van der Waals surface area contributed by atoms with Gasteiger partial charge < -0.3 is 36.3 Å². The Labute approximate surface area is 202 Å². The summed E-state index contributed by atoms with van der Waals surface area (Å²) < 4.78 is 16.5. The number of amides is 1. The van der Waals surface area contributed by atoms with Gasteiger partial charge in [-0.2, -0.15) is 5.26 Å². The van der Waals surface area contributed by atoms with Gasteiger partial charge in [0.2, 0.25) is 5.91 Å². The van der Waals surface area contributed by atoms with Crippen molar-refractivity contribution >= 4 is 28.7 Å². The number of anilines is 3. The first-order valence-corrected chi connectivity index (χ1v) is 11.0. The van der Waals surface area contributed by atoms with Crippen LogP contribution >= 0.6 is 0 Å². The number of carbonyl (C=O) groups excluding carboxylic acids is 1. The van der Waals surface area contributed by atoms with Gasteiger partial charge in [0.15, 0.2) is 11.4 Å². The van der Waals surface area contributed by atoms with Crippen molar-refractivity contribution in [2.45, 2.75) is 25.3 Å². The molecule has 186 valence electrons. The van der Waals surface area contributed by atoms with Crippen molar-refractivity contribution in [2.24, 2.45) is 5.73 Å². The molecule has 3 rings (SSSR count). The predicted octanol–water partition coefficient (Wildman–Crippen LogP) is 2.63. The average molecular weight is 485 g/mol. The summed E-state index contributed by atoms with van der Waals surface area (Å²) in [6.45, 7) is 1.74. The summed E-state index contributed by atoms with van der Waals surface area (Å²) in [6.07, 6.45) is 1.99. The highest BCUT2D eigenvalue weighted by atomic mass is 16.6. The lowest BCUT2D eigenvalue weighted by Crippen LogP contribution is -2.32. The van der Waals surface area contributed by atoms with Gasteiger partial charge in [0.05, 0.1) is 34.9 Å². The Bertz CT molecular complexity index is 1130. The molecule has 0 saturated heterocycles. The van der Waals surface area contributed by atoms with Crippen LogP contribution in [0.2, 0.25) is 0 Å². The molecule has 0 bridgehead atoms. The number of hydrogen-bond donors (Lipinski definition) is 4. The summed E-state index contributed by atoms with van der Waals surface area (Å²) in [7, 11) is 1.60. The highest BCUT2D eigenvalue weighted by Crippen LogP contribution is 2.39. The number of nitrogens with two attached hydrogens (primary N) is 2. The van der Waals surface area contributed by atoms with E-state index in [1.165, 1.54) is 18.2 Å². The molecule has 1 heterocycles. The smallest absolute Gasteiger partial charge is 0.297 e. The third-order valence-electron chi connectivity index (χ3n) is 5.39. The van der Waals surface area contributed by atoms with Gasteiger partial charge in [-0.15, -0.1) is 0 Å². The predicted molar refractivity (Wildman–Crippen MR) is 130 cm³/mol. The van der Waals surface area contributed by atoms with E-state index in [0.717, 1.165) is 0 Å². The van der Waals surface area contributed by atoms with E-state index in [4.69, 9.17) is 30.9 Å². The highest BCUT2D eigenvalue weighted by molar-refractivity contribution is 5.96. The molecular weight excluding hydrogens is 456 g/mol. The summed E-state index contributed by atoms with van der Waals surface area (Å²) in [6, 6.07) is 7.51. The van der Waals surface area contributed by atoms with Crippen LogP contribution in [0.4, 0.5) is 22.7 Å². The van der Waals surface area contributed by atoms with E-state index in [1.807, 2.05) is 6.07 Å². The summed E-state index contributed by atoms with van der Waals surface area (Å²) in [5.41, 5.74) is 12.9. The number of nitriles is 1. The second-order valence-corrected chi connectivity index (χ2v) is 7.96. The largest absolute Gasteiger partial charge is 0.491 e. The second kappa shape index (κ2) is 11.8. The molecule has 0 unspecified atom stereocenters. The lowest BCUT2D eigenvalue weighted by atomic mass is 10.1. The number of fused-ring (bicyclic) bond motifs is 1. The van der Waals surface area contributed by atoms with Crippen LogP contribution < -0.4 is 31.6 Å². The maximum absolute atomic E-state index is 11.6. The fourth-order valence-corrected chi connectivity index (χ4v) is 3.69. The maximum atomic E-state index is 11.6. The Morgan fingerprint density at radius 3 is 2.83 bits per heavy atom. The van der Waals surface area contributed by atoms with Crippen molar-refractivity contribution in [3.8, 4) is 17.6 Å². The van der Waals surface area contributed by atoms with Crippen molar-refractivity contribution in [3.05, 3.63) is 45.5 Å². The summed E-state index contributed by atoms with van der Waals surface area (Å²) in [5, 5.41) is 26.9. The quantitative estimate of drug-likeness (QED) is 0.151. The molecule has 6 N–H and O–H groups in total. The first-order valence-electron chi connectivity index (χ1n) is 11.0. The SMILES string of the molecule is COCCCOc1cc(C(N)=O)cc(N)c1NCCC[C@H]1COc2cc(C#N)cc([N+](=O)[O-])c2N1. The fourth-order valence-electron chi connectivity index (χ4n) is 3.69. The number of nitrogens with zero attached hydrogens (tertiary/aromatic N) is 2. The number of nitro groups is 1. The molecule has 2 aromatic carbocycles. The van der Waals surface area contributed by atoms with Crippen molar-refractivity contribution in [1.29, 1.82) is 5.26 Å². The highest BCUT2D eigenvalue weighted by Gasteiger charge is 2.27. The van der Waals surface area contributed by atoms with Crippen LogP contribution in [0.5, 0.6) is 11.5 Å². The monoisotopic (exact) mass is 484 g/mol. The van der Waals surface area contributed by atoms with Gasteiger partial charge >= 0.3 is 0 Å². The number of benzene rings is 2. The van der Waals surface area contributed by atoms with E-state index in [1.54, 1.807) is 13.2 Å². The van der Waals surface area contributed by atoms with Crippen LogP contribution in [0.3, 0.4) is 0 Å². The second-order valence-electron chi connectivity index (χ2n) is 7.96. The minimum absolute atomic E-state index is 0.157. The van der Waals surface area contributed by atoms with Crippen molar-refractivity contribution < 1.29 is 23.9 Å². The van der Waals surface area contributed by atoms with Crippen LogP contribution in [0.1, 0.15) is 35.2 Å². The van der Waals surface area contributed by atoms with E-state index in [0.29, 0.717) is 68.5 Å². The molecule has 0 spiro atoms. The molecule has 0 fully saturated rings. The molecule has 0 aliphatic carbocycles. The first-order chi connectivity index (χ1) is 16.8. The van der Waals surface area contributed by atoms with Gasteiger partial charge in [0, 0.05) is 44.4 Å². The minimum Gasteiger partial charge on any atom is -0.491 e. The van der Waals surface area contributed by atoms with E-state index >= 15 is 0 Å². The number of ether oxygens (including phenoxy) is 3. The van der Waals surface area contributed by atoms with Gasteiger partial charge in [-0.1, -0.05) is 0 Å². The van der Waals surface area contributed by atoms with Crippen molar-refractivity contribution in [2.75, 3.05) is 49.8 Å². The number of primary amides is 1. The Kier molecular flexibility index (Phi) is 8.53. The summed E-state index contributed by atoms with van der Waals surface area (Å²) in [5.74, 6) is 0.110. The Morgan fingerprint density at radius 2 is 2.14 bits per heavy atom. The standard InChI is InChI=1S/C23H28N6O6/c1-33-6-3-7-34-20-11-15(23(26)30)10-17(25)21(20)27-5-2-4-16-13-35-19-9-14(12-24)8-18(29(31)32)22(19)28-16/h8-11,16,27-28H,2-7,13,25H2,1H3,(H2,26,30)/t16-/m0/s1. The number of carbonyl (C=O) groups is 1. The van der Waals surface area contributed by atoms with Crippen molar-refractivity contribution in [1.82, 2.24) is 0 Å². The normalized spacial score (nSPS) is 14.1. The van der Waals surface area contributed by atoms with E-state index in [-0.39, 0.29) is 28.5 Å². The number of nitrogens with one attached hydrogen (secondary N) is 2. The third-order valence-corrected chi connectivity index (χ3v) is 5.39. The molecule has 0 aromatic heterocycles. The van der Waals surface area contributed by atoms with E-state index < -0.39 is 10.8 Å². The molecule has 0 radical (unpaired) electrons. The molecule has 1 atom stereocenters. The number of nitro benzene ring substituents is 1.